The zero-order chi connectivity index (χ0) is 65.5. The van der Waals surface area contributed by atoms with Crippen LogP contribution in [0.25, 0.3) is 0 Å². The molecule has 488 valence electrons. The summed E-state index contributed by atoms with van der Waals surface area (Å²) < 4.78 is 0. The van der Waals surface area contributed by atoms with Crippen molar-refractivity contribution in [2.24, 2.45) is 41.2 Å². The van der Waals surface area contributed by atoms with Gasteiger partial charge in [0.25, 0.3) is 0 Å². The molecule has 0 fully saturated rings. The van der Waals surface area contributed by atoms with Crippen LogP contribution in [0.15, 0.2) is 0 Å². The Morgan fingerprint density at radius 1 is 0.395 bits per heavy atom. The highest BCUT2D eigenvalue weighted by molar-refractivity contribution is 5.98. The van der Waals surface area contributed by atoms with Gasteiger partial charge in [-0.2, -0.15) is 0 Å². The first kappa shape index (κ1) is 79.0. The second-order valence-electron chi connectivity index (χ2n) is 23.4. The SMILES string of the molecule is CCCCCCCCCCCCCCCC(=O)N[C@H](C(=O)C[C@H](C(=O)N[C@@H](C)C(=O)C[C@@H](C)C(=O)N[C@@H](CCC(=O)O)C(=O)C[C@@H](CCC(=O)O)C(=O)N[C@@H](CCC(=O)O)C(=O)C[C@@H](CCC(=O)O)C(=O)NCC(=O)CCC(N)=O)C(C)C)C(C)C. The summed E-state index contributed by atoms with van der Waals surface area (Å²) in [5, 5.41) is 50.3. The van der Waals surface area contributed by atoms with E-state index in [9.17, 15) is 92.3 Å². The van der Waals surface area contributed by atoms with E-state index in [4.69, 9.17) is 5.73 Å². The van der Waals surface area contributed by atoms with E-state index in [1.807, 2.05) is 0 Å². The first-order valence-corrected chi connectivity index (χ1v) is 30.7. The van der Waals surface area contributed by atoms with Crippen LogP contribution in [-0.2, 0) is 71.9 Å². The second-order valence-corrected chi connectivity index (χ2v) is 23.4. The third-order valence-electron chi connectivity index (χ3n) is 15.1. The van der Waals surface area contributed by atoms with Crippen LogP contribution >= 0.6 is 0 Å². The molecule has 0 aromatic carbocycles. The molecule has 8 atom stereocenters. The summed E-state index contributed by atoms with van der Waals surface area (Å²) in [5.74, 6) is -19.5. The lowest BCUT2D eigenvalue weighted by molar-refractivity contribution is -0.141. The fourth-order valence-electron chi connectivity index (χ4n) is 9.58. The Bertz CT molecular complexity index is 2270. The Balaban J connectivity index is 6.01. The van der Waals surface area contributed by atoms with Gasteiger partial charge in [-0.1, -0.05) is 119 Å². The Hall–Kier alpha value is -6.95. The van der Waals surface area contributed by atoms with E-state index in [2.05, 4.69) is 33.5 Å². The van der Waals surface area contributed by atoms with E-state index < -0.39 is 202 Å². The van der Waals surface area contributed by atoms with E-state index in [1.54, 1.807) is 27.7 Å². The fraction of sp³-hybridized carbons (Fsp3) is 0.754. The minimum absolute atomic E-state index is 0.232. The maximum atomic E-state index is 14.0. The third-order valence-corrected chi connectivity index (χ3v) is 15.1. The van der Waals surface area contributed by atoms with Gasteiger partial charge in [-0.05, 0) is 50.9 Å². The van der Waals surface area contributed by atoms with Crippen molar-refractivity contribution >= 4 is 88.2 Å². The molecule has 6 amide bonds. The van der Waals surface area contributed by atoms with Gasteiger partial charge in [0.05, 0.1) is 30.7 Å². The molecule has 0 saturated heterocycles. The first-order valence-electron chi connectivity index (χ1n) is 30.7. The molecule has 0 aliphatic heterocycles. The average Bonchev–Trinajstić information content (AvgIpc) is 3.07. The molecule has 0 aromatic rings. The summed E-state index contributed by atoms with van der Waals surface area (Å²) in [7, 11) is 0. The summed E-state index contributed by atoms with van der Waals surface area (Å²) in [4.78, 5) is 192. The Morgan fingerprint density at radius 2 is 0.826 bits per heavy atom. The average molecular weight is 1220 g/mol. The van der Waals surface area contributed by atoms with Crippen LogP contribution < -0.4 is 32.3 Å². The fourth-order valence-corrected chi connectivity index (χ4v) is 9.58. The Morgan fingerprint density at radius 3 is 1.26 bits per heavy atom. The van der Waals surface area contributed by atoms with Crippen LogP contribution in [0, 0.1) is 35.5 Å². The standard InChI is InChI=1S/C61H100N6O19/c1-8-9-10-11-12-13-14-15-16-17-18-19-20-21-52(74)67-57(38(4)5)50(72)35-44(37(2)3)61(86)64-40(7)47(69)32-39(6)58(83)65-45(25-30-55(79)80)49(71)34-42(23-29-54(77)78)60(85)66-46(26-31-56(81)82)48(70)33-41(22-28-53(75)76)59(84)63-36-43(68)24-27-51(62)73/h37-42,44-46,57H,8-36H2,1-7H3,(H2,62,73)(H,63,84)(H,64,86)(H,65,83)(H,66,85)(H,67,74)(H,75,76)(H,77,78)(H,79,80)(H,81,82)/t39-,40+,41-,42-,44+,45+,46+,57+/m1/s1. The molecule has 25 heteroatoms. The lowest BCUT2D eigenvalue weighted by Gasteiger charge is -2.26. The van der Waals surface area contributed by atoms with Gasteiger partial charge in [0.2, 0.25) is 35.4 Å². The summed E-state index contributed by atoms with van der Waals surface area (Å²) in [6.07, 6.45) is 7.42. The molecule has 25 nitrogen and oxygen atoms in total. The van der Waals surface area contributed by atoms with Crippen molar-refractivity contribution in [3.8, 4) is 0 Å². The molecule has 86 heavy (non-hydrogen) atoms. The number of Topliss-reactive ketones (excluding diaryl/α,β-unsaturated/α-hetero) is 5. The molecule has 0 aromatic heterocycles. The smallest absolute Gasteiger partial charge is 0.303 e. The molecule has 0 bridgehead atoms. The van der Waals surface area contributed by atoms with Gasteiger partial charge >= 0.3 is 23.9 Å². The number of carboxylic acid groups (broad SMARTS) is 4. The molecule has 0 radical (unpaired) electrons. The monoisotopic (exact) mass is 1220 g/mol. The maximum absolute atomic E-state index is 14.0. The number of amides is 6. The number of nitrogens with one attached hydrogen (secondary N) is 5. The van der Waals surface area contributed by atoms with Crippen molar-refractivity contribution in [3.05, 3.63) is 0 Å². The molecule has 0 rings (SSSR count). The quantitative estimate of drug-likeness (QED) is 0.0337. The molecule has 0 unspecified atom stereocenters. The number of carboxylic acids is 4. The van der Waals surface area contributed by atoms with E-state index in [1.165, 1.54) is 71.6 Å². The van der Waals surface area contributed by atoms with Crippen LogP contribution in [-0.4, -0.2) is 139 Å². The number of carbonyl (C=O) groups is 15. The number of hydrogen-bond acceptors (Lipinski definition) is 15. The molecule has 0 aliphatic rings. The number of primary amides is 1. The van der Waals surface area contributed by atoms with Crippen LogP contribution in [0.3, 0.4) is 0 Å². The number of carbonyl (C=O) groups excluding carboxylic acids is 11. The Labute approximate surface area is 505 Å². The van der Waals surface area contributed by atoms with E-state index >= 15 is 0 Å². The van der Waals surface area contributed by atoms with Crippen molar-refractivity contribution in [3.63, 3.8) is 0 Å². The highest BCUT2D eigenvalue weighted by Crippen LogP contribution is 2.23. The number of aliphatic carboxylic acids is 4. The molecule has 0 spiro atoms. The van der Waals surface area contributed by atoms with Crippen molar-refractivity contribution in [1.29, 1.82) is 0 Å². The third kappa shape index (κ3) is 36.8. The normalized spacial score (nSPS) is 14.0. The topological polar surface area (TPSA) is 423 Å². The number of unbranched alkanes of at least 4 members (excludes halogenated alkanes) is 12. The van der Waals surface area contributed by atoms with Gasteiger partial charge in [0.15, 0.2) is 28.9 Å². The van der Waals surface area contributed by atoms with Crippen molar-refractivity contribution < 1.29 is 92.3 Å². The lowest BCUT2D eigenvalue weighted by atomic mass is 9.85. The molecular formula is C61H100N6O19. The van der Waals surface area contributed by atoms with Crippen molar-refractivity contribution in [2.75, 3.05) is 6.54 Å². The van der Waals surface area contributed by atoms with Gasteiger partial charge in [0, 0.05) is 94.3 Å². The summed E-state index contributed by atoms with van der Waals surface area (Å²) in [5.41, 5.74) is 5.05. The van der Waals surface area contributed by atoms with Gasteiger partial charge in [-0.15, -0.1) is 0 Å². The van der Waals surface area contributed by atoms with Crippen LogP contribution in [0.2, 0.25) is 0 Å². The van der Waals surface area contributed by atoms with E-state index in [0.29, 0.717) is 6.42 Å². The summed E-state index contributed by atoms with van der Waals surface area (Å²) >= 11 is 0. The zero-order valence-electron chi connectivity index (χ0n) is 51.8. The van der Waals surface area contributed by atoms with Crippen molar-refractivity contribution in [1.82, 2.24) is 26.6 Å². The molecule has 0 saturated carbocycles. The minimum atomic E-state index is -1.70. The minimum Gasteiger partial charge on any atom is -0.481 e. The zero-order valence-corrected chi connectivity index (χ0v) is 51.8. The largest absolute Gasteiger partial charge is 0.481 e. The molecule has 0 heterocycles. The number of nitrogens with two attached hydrogens (primary N) is 1. The van der Waals surface area contributed by atoms with Crippen LogP contribution in [0.5, 0.6) is 0 Å². The lowest BCUT2D eigenvalue weighted by Crippen LogP contribution is -2.49. The highest BCUT2D eigenvalue weighted by atomic mass is 16.4. The van der Waals surface area contributed by atoms with E-state index in [0.717, 1.165) is 19.3 Å². The number of rotatable bonds is 53. The summed E-state index contributed by atoms with van der Waals surface area (Å²) in [6, 6.07) is -5.36. The highest BCUT2D eigenvalue weighted by Gasteiger charge is 2.36. The number of hydrogen-bond donors (Lipinski definition) is 10. The predicted octanol–water partition coefficient (Wildman–Crippen LogP) is 5.47. The molecular weight excluding hydrogens is 1120 g/mol. The van der Waals surface area contributed by atoms with Crippen LogP contribution in [0.4, 0.5) is 0 Å². The molecule has 0 aliphatic carbocycles. The van der Waals surface area contributed by atoms with Gasteiger partial charge in [-0.25, -0.2) is 0 Å². The maximum Gasteiger partial charge on any atom is 0.303 e. The van der Waals surface area contributed by atoms with Crippen LogP contribution in [0.1, 0.15) is 228 Å². The Kier molecular flexibility index (Phi) is 40.9. The van der Waals surface area contributed by atoms with Crippen molar-refractivity contribution in [2.45, 2.75) is 252 Å². The van der Waals surface area contributed by atoms with Gasteiger partial charge in [-0.3, -0.25) is 71.9 Å². The summed E-state index contributed by atoms with van der Waals surface area (Å²) in [6.45, 7) is 11.4. The number of ketones is 5. The predicted molar refractivity (Wildman–Crippen MR) is 315 cm³/mol. The second kappa shape index (κ2) is 44.5. The van der Waals surface area contributed by atoms with Gasteiger partial charge in [0.1, 0.15) is 0 Å². The first-order chi connectivity index (χ1) is 40.4. The molecule has 11 N–H and O–H groups in total. The van der Waals surface area contributed by atoms with E-state index in [-0.39, 0.29) is 49.2 Å². The van der Waals surface area contributed by atoms with Gasteiger partial charge < -0.3 is 52.7 Å².